The quantitative estimate of drug-likeness (QED) is 0.900. The number of nitrogens with one attached hydrogen (secondary N) is 1. The summed E-state index contributed by atoms with van der Waals surface area (Å²) in [4.78, 5) is 33.8. The molecule has 0 spiro atoms. The van der Waals surface area contributed by atoms with Crippen molar-refractivity contribution >= 4 is 11.6 Å². The lowest BCUT2D eigenvalue weighted by Gasteiger charge is -2.36. The van der Waals surface area contributed by atoms with E-state index in [2.05, 4.69) is 15.0 Å². The highest BCUT2D eigenvalue weighted by atomic mass is 16.2. The molecule has 5 heterocycles. The van der Waals surface area contributed by atoms with E-state index in [9.17, 15) is 9.59 Å². The number of hydrogen-bond donors (Lipinski definition) is 1. The normalized spacial score (nSPS) is 26.4. The molecule has 0 unspecified atom stereocenters. The van der Waals surface area contributed by atoms with Crippen LogP contribution in [0.5, 0.6) is 0 Å². The predicted octanol–water partition coefficient (Wildman–Crippen LogP) is 1.28. The summed E-state index contributed by atoms with van der Waals surface area (Å²) in [6.07, 6.45) is 6.78. The number of carbonyl (C=O) groups excluding carboxylic acids is 1. The molecule has 1 aliphatic carbocycles. The third-order valence-corrected chi connectivity index (χ3v) is 6.30. The molecule has 2 atom stereocenters. The number of H-pyrrole nitrogens is 1. The molecular weight excluding hydrogens is 330 g/mol. The van der Waals surface area contributed by atoms with Crippen molar-refractivity contribution in [3.8, 4) is 0 Å². The molecule has 1 amide bonds. The average Bonchev–Trinajstić information content (AvgIpc) is 3.40. The highest BCUT2D eigenvalue weighted by molar-refractivity contribution is 5.95. The number of piperidine rings is 1. The van der Waals surface area contributed by atoms with Crippen LogP contribution in [-0.4, -0.2) is 62.5 Å². The molecule has 4 aliphatic rings. The Morgan fingerprint density at radius 1 is 1.23 bits per heavy atom. The van der Waals surface area contributed by atoms with Crippen LogP contribution in [0.25, 0.3) is 5.65 Å². The Morgan fingerprint density at radius 2 is 2.08 bits per heavy atom. The van der Waals surface area contributed by atoms with E-state index in [0.29, 0.717) is 23.2 Å². The van der Waals surface area contributed by atoms with Crippen LogP contribution < -0.4 is 5.56 Å². The first-order valence-corrected chi connectivity index (χ1v) is 9.69. The lowest BCUT2D eigenvalue weighted by molar-refractivity contribution is 0.0735. The van der Waals surface area contributed by atoms with Gasteiger partial charge < -0.3 is 4.90 Å². The van der Waals surface area contributed by atoms with Crippen molar-refractivity contribution in [2.24, 2.45) is 11.8 Å². The van der Waals surface area contributed by atoms with Gasteiger partial charge >= 0.3 is 0 Å². The second-order valence-electron chi connectivity index (χ2n) is 8.28. The second-order valence-corrected chi connectivity index (χ2v) is 8.28. The fraction of sp³-hybridized carbons (Fsp3) is 0.632. The molecule has 138 valence electrons. The number of rotatable bonds is 3. The van der Waals surface area contributed by atoms with Crippen molar-refractivity contribution in [1.82, 2.24) is 24.4 Å². The zero-order valence-electron chi connectivity index (χ0n) is 15.1. The number of hydrogen-bond acceptors (Lipinski definition) is 4. The number of carbonyl (C=O) groups is 1. The van der Waals surface area contributed by atoms with Gasteiger partial charge in [-0.1, -0.05) is 0 Å². The van der Waals surface area contributed by atoms with Gasteiger partial charge in [0.25, 0.3) is 11.5 Å². The van der Waals surface area contributed by atoms with Gasteiger partial charge in [0.2, 0.25) is 0 Å². The second kappa shape index (κ2) is 5.94. The van der Waals surface area contributed by atoms with Crippen molar-refractivity contribution in [2.45, 2.75) is 38.6 Å². The molecule has 1 saturated carbocycles. The minimum Gasteiger partial charge on any atom is -0.337 e. The van der Waals surface area contributed by atoms with Crippen LogP contribution in [0.1, 0.15) is 41.7 Å². The molecule has 2 bridgehead atoms. The van der Waals surface area contributed by atoms with Crippen LogP contribution in [0.2, 0.25) is 0 Å². The maximum absolute atomic E-state index is 13.2. The molecule has 6 rings (SSSR count). The summed E-state index contributed by atoms with van der Waals surface area (Å²) in [5, 5.41) is 2.72. The number of nitrogens with zero attached hydrogens (tertiary/aromatic N) is 4. The summed E-state index contributed by atoms with van der Waals surface area (Å²) in [7, 11) is 0. The van der Waals surface area contributed by atoms with Gasteiger partial charge in [-0.05, 0) is 44.4 Å². The van der Waals surface area contributed by atoms with Crippen molar-refractivity contribution < 1.29 is 4.79 Å². The van der Waals surface area contributed by atoms with E-state index in [1.807, 2.05) is 11.8 Å². The Hall–Kier alpha value is -2.15. The van der Waals surface area contributed by atoms with Gasteiger partial charge in [-0.3, -0.25) is 19.6 Å². The summed E-state index contributed by atoms with van der Waals surface area (Å²) in [5.74, 6) is 1.49. The first-order valence-electron chi connectivity index (χ1n) is 9.69. The van der Waals surface area contributed by atoms with E-state index in [4.69, 9.17) is 0 Å². The van der Waals surface area contributed by atoms with Gasteiger partial charge in [0.05, 0.1) is 11.3 Å². The Labute approximate surface area is 152 Å². The minimum absolute atomic E-state index is 0.0385. The first-order chi connectivity index (χ1) is 12.6. The Balaban J connectivity index is 1.42. The van der Waals surface area contributed by atoms with Crippen molar-refractivity contribution in [2.75, 3.05) is 26.2 Å². The van der Waals surface area contributed by atoms with Crippen LogP contribution in [0.3, 0.4) is 0 Å². The molecule has 1 N–H and O–H groups in total. The maximum Gasteiger partial charge on any atom is 0.266 e. The molecule has 7 nitrogen and oxygen atoms in total. The SMILES string of the molecule is Cc1c(C(=O)N2C[C@@H]3CC[C@H](C2)N(CC2CC2)C3)cnc2cc(=O)[nH]n12. The van der Waals surface area contributed by atoms with Gasteiger partial charge in [0.15, 0.2) is 5.65 Å². The molecule has 0 radical (unpaired) electrons. The summed E-state index contributed by atoms with van der Waals surface area (Å²) < 4.78 is 1.61. The highest BCUT2D eigenvalue weighted by Crippen LogP contribution is 2.35. The maximum atomic E-state index is 13.2. The summed E-state index contributed by atoms with van der Waals surface area (Å²) >= 11 is 0. The first kappa shape index (κ1) is 16.1. The summed E-state index contributed by atoms with van der Waals surface area (Å²) in [6, 6.07) is 1.94. The van der Waals surface area contributed by atoms with E-state index >= 15 is 0 Å². The standard InChI is InChI=1S/C19H25N5O2/c1-12-16(7-20-17-6-18(25)21-24(12)17)19(26)23-10-14-4-5-15(11-23)22(9-14)8-13-2-3-13/h6-7,13-15H,2-5,8-11H2,1H3,(H,21,25)/t14-,15-/m1/s1. The lowest BCUT2D eigenvalue weighted by Crippen LogP contribution is -2.45. The monoisotopic (exact) mass is 355 g/mol. The molecule has 2 aromatic heterocycles. The van der Waals surface area contributed by atoms with Gasteiger partial charge in [-0.15, -0.1) is 0 Å². The number of aromatic nitrogens is 3. The van der Waals surface area contributed by atoms with E-state index in [0.717, 1.165) is 31.2 Å². The molecule has 0 aromatic carbocycles. The minimum atomic E-state index is -0.200. The largest absolute Gasteiger partial charge is 0.337 e. The van der Waals surface area contributed by atoms with E-state index < -0.39 is 0 Å². The molecule has 3 aliphatic heterocycles. The number of fused-ring (bicyclic) bond motifs is 5. The van der Waals surface area contributed by atoms with Gasteiger partial charge in [-0.25, -0.2) is 9.50 Å². The highest BCUT2D eigenvalue weighted by Gasteiger charge is 2.39. The van der Waals surface area contributed by atoms with E-state index in [1.165, 1.54) is 38.3 Å². The van der Waals surface area contributed by atoms with Crippen molar-refractivity contribution in [1.29, 1.82) is 0 Å². The number of amides is 1. The van der Waals surface area contributed by atoms with Crippen LogP contribution >= 0.6 is 0 Å². The Kier molecular flexibility index (Phi) is 3.67. The Bertz CT molecular complexity index is 912. The van der Waals surface area contributed by atoms with Crippen LogP contribution in [0.4, 0.5) is 0 Å². The average molecular weight is 355 g/mol. The van der Waals surface area contributed by atoms with Gasteiger partial charge in [-0.2, -0.15) is 0 Å². The molecule has 4 fully saturated rings. The predicted molar refractivity (Wildman–Crippen MR) is 97.3 cm³/mol. The lowest BCUT2D eigenvalue weighted by atomic mass is 9.95. The van der Waals surface area contributed by atoms with Crippen LogP contribution in [0, 0.1) is 18.8 Å². The van der Waals surface area contributed by atoms with Crippen molar-refractivity contribution in [3.63, 3.8) is 0 Å². The number of aryl methyl sites for hydroxylation is 1. The summed E-state index contributed by atoms with van der Waals surface area (Å²) in [6.45, 7) is 5.84. The van der Waals surface area contributed by atoms with Crippen LogP contribution in [-0.2, 0) is 0 Å². The molecule has 3 saturated heterocycles. The van der Waals surface area contributed by atoms with Crippen molar-refractivity contribution in [3.05, 3.63) is 33.9 Å². The molecular formula is C19H25N5O2. The zero-order chi connectivity index (χ0) is 17.8. The topological polar surface area (TPSA) is 73.7 Å². The fourth-order valence-corrected chi connectivity index (χ4v) is 4.66. The van der Waals surface area contributed by atoms with Gasteiger partial charge in [0, 0.05) is 44.5 Å². The molecule has 26 heavy (non-hydrogen) atoms. The third-order valence-electron chi connectivity index (χ3n) is 6.30. The molecule has 2 aromatic rings. The molecule has 7 heteroatoms. The smallest absolute Gasteiger partial charge is 0.266 e. The fourth-order valence-electron chi connectivity index (χ4n) is 4.66. The van der Waals surface area contributed by atoms with Gasteiger partial charge in [0.1, 0.15) is 0 Å². The van der Waals surface area contributed by atoms with Crippen LogP contribution in [0.15, 0.2) is 17.1 Å². The zero-order valence-corrected chi connectivity index (χ0v) is 15.1. The van der Waals surface area contributed by atoms with E-state index in [1.54, 1.807) is 10.7 Å². The summed E-state index contributed by atoms with van der Waals surface area (Å²) in [5.41, 5.74) is 1.68. The number of aromatic amines is 1. The Morgan fingerprint density at radius 3 is 2.88 bits per heavy atom. The van der Waals surface area contributed by atoms with E-state index in [-0.39, 0.29) is 11.5 Å². The third kappa shape index (κ3) is 2.74.